The van der Waals surface area contributed by atoms with Crippen molar-refractivity contribution in [1.82, 2.24) is 15.1 Å². The molecule has 1 aromatic rings. The Bertz CT molecular complexity index is 546. The fourth-order valence-electron chi connectivity index (χ4n) is 2.79. The van der Waals surface area contributed by atoms with Crippen molar-refractivity contribution in [3.05, 3.63) is 12.1 Å². The molecule has 2 aliphatic rings. The summed E-state index contributed by atoms with van der Waals surface area (Å²) in [6.07, 6.45) is 1.94. The number of ether oxygens (including phenoxy) is 3. The minimum absolute atomic E-state index is 0.0318. The van der Waals surface area contributed by atoms with E-state index in [0.717, 1.165) is 25.1 Å². The Kier molecular flexibility index (Phi) is 5.34. The molecule has 0 aromatic carbocycles. The van der Waals surface area contributed by atoms with Crippen LogP contribution in [0.25, 0.3) is 0 Å². The van der Waals surface area contributed by atoms with Gasteiger partial charge in [0.15, 0.2) is 5.82 Å². The second-order valence-corrected chi connectivity index (χ2v) is 6.29. The topological polar surface area (TPSA) is 77.0 Å². The Morgan fingerprint density at radius 3 is 2.67 bits per heavy atom. The molecule has 1 atom stereocenters. The summed E-state index contributed by atoms with van der Waals surface area (Å²) in [5.74, 6) is 1.25. The van der Waals surface area contributed by atoms with Crippen LogP contribution >= 0.6 is 0 Å². The highest BCUT2D eigenvalue weighted by atomic mass is 16.6. The molecule has 0 aliphatic carbocycles. The van der Waals surface area contributed by atoms with Crippen molar-refractivity contribution in [2.75, 3.05) is 45.3 Å². The van der Waals surface area contributed by atoms with Crippen molar-refractivity contribution in [2.24, 2.45) is 0 Å². The molecule has 3 rings (SSSR count). The maximum absolute atomic E-state index is 12.2. The van der Waals surface area contributed by atoms with Gasteiger partial charge in [-0.3, -0.25) is 0 Å². The normalized spacial score (nSPS) is 21.6. The zero-order valence-electron chi connectivity index (χ0n) is 14.2. The number of hydrogen-bond acceptors (Lipinski definition) is 7. The van der Waals surface area contributed by atoms with Crippen LogP contribution in [0.4, 0.5) is 10.6 Å². The number of carbonyl (C=O) groups is 1. The van der Waals surface area contributed by atoms with E-state index >= 15 is 0 Å². The van der Waals surface area contributed by atoms with Crippen LogP contribution in [0.3, 0.4) is 0 Å². The molecule has 0 bridgehead atoms. The van der Waals surface area contributed by atoms with Crippen LogP contribution in [-0.4, -0.2) is 73.8 Å². The van der Waals surface area contributed by atoms with Gasteiger partial charge >= 0.3 is 6.09 Å². The molecule has 1 aromatic heterocycles. The van der Waals surface area contributed by atoms with E-state index in [1.165, 1.54) is 0 Å². The first kappa shape index (κ1) is 16.8. The number of hydrogen-bond donors (Lipinski definition) is 0. The predicted octanol–water partition coefficient (Wildman–Crippen LogP) is 1.31. The molecule has 2 fully saturated rings. The molecule has 8 nitrogen and oxygen atoms in total. The van der Waals surface area contributed by atoms with E-state index in [4.69, 9.17) is 14.2 Å². The molecular weight excluding hydrogens is 312 g/mol. The minimum Gasteiger partial charge on any atom is -0.471 e. The molecule has 2 aliphatic heterocycles. The third-order valence-corrected chi connectivity index (χ3v) is 4.21. The largest absolute Gasteiger partial charge is 0.471 e. The maximum Gasteiger partial charge on any atom is 0.410 e. The van der Waals surface area contributed by atoms with Crippen LogP contribution in [0, 0.1) is 0 Å². The highest BCUT2D eigenvalue weighted by Crippen LogP contribution is 2.19. The first-order chi connectivity index (χ1) is 11.6. The van der Waals surface area contributed by atoms with Crippen LogP contribution in [0.2, 0.25) is 0 Å². The fourth-order valence-corrected chi connectivity index (χ4v) is 2.79. The second-order valence-electron chi connectivity index (χ2n) is 6.29. The summed E-state index contributed by atoms with van der Waals surface area (Å²) < 4.78 is 16.6. The van der Waals surface area contributed by atoms with E-state index < -0.39 is 0 Å². The van der Waals surface area contributed by atoms with Gasteiger partial charge in [-0.2, -0.15) is 0 Å². The van der Waals surface area contributed by atoms with Crippen molar-refractivity contribution in [3.8, 4) is 5.88 Å². The molecule has 132 valence electrons. The third-order valence-electron chi connectivity index (χ3n) is 4.21. The van der Waals surface area contributed by atoms with E-state index in [0.29, 0.717) is 32.2 Å². The number of likely N-dealkylation sites (tertiary alicyclic amines) is 1. The molecule has 1 amide bonds. The van der Waals surface area contributed by atoms with Crippen molar-refractivity contribution >= 4 is 11.9 Å². The predicted molar refractivity (Wildman–Crippen MR) is 87.3 cm³/mol. The van der Waals surface area contributed by atoms with Crippen molar-refractivity contribution < 1.29 is 19.0 Å². The summed E-state index contributed by atoms with van der Waals surface area (Å²) in [7, 11) is 3.81. The number of carbonyl (C=O) groups excluding carboxylic acids is 1. The van der Waals surface area contributed by atoms with E-state index in [9.17, 15) is 4.79 Å². The van der Waals surface area contributed by atoms with Gasteiger partial charge in [0.1, 0.15) is 12.2 Å². The molecule has 2 saturated heterocycles. The van der Waals surface area contributed by atoms with Gasteiger partial charge in [0, 0.05) is 46.0 Å². The summed E-state index contributed by atoms with van der Waals surface area (Å²) in [6, 6.07) is 3.65. The van der Waals surface area contributed by atoms with Gasteiger partial charge in [0.05, 0.1) is 19.8 Å². The van der Waals surface area contributed by atoms with Crippen LogP contribution in [0.1, 0.15) is 19.3 Å². The zero-order valence-corrected chi connectivity index (χ0v) is 14.2. The Labute approximate surface area is 141 Å². The van der Waals surface area contributed by atoms with Gasteiger partial charge in [0.2, 0.25) is 5.88 Å². The molecule has 0 N–H and O–H groups in total. The molecule has 24 heavy (non-hydrogen) atoms. The van der Waals surface area contributed by atoms with E-state index in [1.54, 1.807) is 11.0 Å². The van der Waals surface area contributed by atoms with Crippen molar-refractivity contribution in [2.45, 2.75) is 31.5 Å². The summed E-state index contributed by atoms with van der Waals surface area (Å²) in [4.78, 5) is 15.8. The van der Waals surface area contributed by atoms with Crippen molar-refractivity contribution in [3.63, 3.8) is 0 Å². The lowest BCUT2D eigenvalue weighted by molar-refractivity contribution is -0.00899. The summed E-state index contributed by atoms with van der Waals surface area (Å²) in [5, 5.41) is 8.15. The maximum atomic E-state index is 12.2. The number of nitrogens with zero attached hydrogens (tertiary/aromatic N) is 4. The van der Waals surface area contributed by atoms with Crippen LogP contribution < -0.4 is 9.64 Å². The molecule has 0 spiro atoms. The third kappa shape index (κ3) is 4.25. The first-order valence-electron chi connectivity index (χ1n) is 8.33. The van der Waals surface area contributed by atoms with E-state index in [1.807, 2.05) is 25.1 Å². The lowest BCUT2D eigenvalue weighted by atomic mass is 10.2. The Hall–Kier alpha value is -2.09. The second kappa shape index (κ2) is 7.65. The molecule has 3 heterocycles. The van der Waals surface area contributed by atoms with Gasteiger partial charge in [0.25, 0.3) is 0 Å². The summed E-state index contributed by atoms with van der Waals surface area (Å²) in [5.41, 5.74) is 0. The number of aromatic nitrogens is 2. The lowest BCUT2D eigenvalue weighted by Gasteiger charge is -2.25. The number of rotatable bonds is 4. The molecule has 1 unspecified atom stereocenters. The Morgan fingerprint density at radius 2 is 2.00 bits per heavy atom. The van der Waals surface area contributed by atoms with Crippen LogP contribution in [-0.2, 0) is 9.47 Å². The smallest absolute Gasteiger partial charge is 0.410 e. The highest BCUT2D eigenvalue weighted by molar-refractivity contribution is 5.68. The summed E-state index contributed by atoms with van der Waals surface area (Å²) >= 11 is 0. The quantitative estimate of drug-likeness (QED) is 0.820. The lowest BCUT2D eigenvalue weighted by Crippen LogP contribution is -2.36. The standard InChI is InChI=1S/C16H24N4O4/c1-19(2)14-3-4-15(18-17-14)23-13-5-8-20(11-13)16(21)24-12-6-9-22-10-7-12/h3-4,12-13H,5-11H2,1-2H3. The van der Waals surface area contributed by atoms with Gasteiger partial charge < -0.3 is 24.0 Å². The Balaban J connectivity index is 1.47. The Morgan fingerprint density at radius 1 is 1.21 bits per heavy atom. The monoisotopic (exact) mass is 336 g/mol. The first-order valence-corrected chi connectivity index (χ1v) is 8.33. The minimum atomic E-state index is -0.262. The average molecular weight is 336 g/mol. The number of anilines is 1. The fraction of sp³-hybridized carbons (Fsp3) is 0.688. The molecule has 0 saturated carbocycles. The average Bonchev–Trinajstić information content (AvgIpc) is 3.05. The SMILES string of the molecule is CN(C)c1ccc(OC2CCN(C(=O)OC3CCOCC3)C2)nn1. The molecule has 0 radical (unpaired) electrons. The summed E-state index contributed by atoms with van der Waals surface area (Å²) in [6.45, 7) is 2.46. The van der Waals surface area contributed by atoms with E-state index in [-0.39, 0.29) is 18.3 Å². The van der Waals surface area contributed by atoms with Gasteiger partial charge in [-0.1, -0.05) is 0 Å². The van der Waals surface area contributed by atoms with Crippen LogP contribution in [0.5, 0.6) is 5.88 Å². The van der Waals surface area contributed by atoms with Gasteiger partial charge in [-0.05, 0) is 6.07 Å². The van der Waals surface area contributed by atoms with Gasteiger partial charge in [-0.15, -0.1) is 10.2 Å². The van der Waals surface area contributed by atoms with Crippen LogP contribution in [0.15, 0.2) is 12.1 Å². The number of amides is 1. The van der Waals surface area contributed by atoms with Gasteiger partial charge in [-0.25, -0.2) is 4.79 Å². The van der Waals surface area contributed by atoms with Crippen molar-refractivity contribution in [1.29, 1.82) is 0 Å². The highest BCUT2D eigenvalue weighted by Gasteiger charge is 2.30. The molecule has 8 heteroatoms. The molecular formula is C16H24N4O4. The van der Waals surface area contributed by atoms with E-state index in [2.05, 4.69) is 10.2 Å². The zero-order chi connectivity index (χ0) is 16.9.